The highest BCUT2D eigenvalue weighted by molar-refractivity contribution is 6.30. The highest BCUT2D eigenvalue weighted by Crippen LogP contribution is 2.38. The average Bonchev–Trinajstić information content (AvgIpc) is 2.64. The molecule has 0 spiro atoms. The van der Waals surface area contributed by atoms with Crippen molar-refractivity contribution >= 4 is 23.2 Å². The second-order valence-electron chi connectivity index (χ2n) is 5.06. The third kappa shape index (κ3) is 4.42. The van der Waals surface area contributed by atoms with E-state index in [0.29, 0.717) is 33.5 Å². The van der Waals surface area contributed by atoms with Gasteiger partial charge in [0.25, 0.3) is 5.91 Å². The van der Waals surface area contributed by atoms with E-state index in [1.165, 1.54) is 21.3 Å². The molecule has 132 valence electrons. The summed E-state index contributed by atoms with van der Waals surface area (Å²) in [6.07, 6.45) is 0. The fourth-order valence-corrected chi connectivity index (χ4v) is 2.28. The van der Waals surface area contributed by atoms with Crippen LogP contribution in [0, 0.1) is 0 Å². The van der Waals surface area contributed by atoms with Gasteiger partial charge in [0.15, 0.2) is 11.5 Å². The van der Waals surface area contributed by atoms with Gasteiger partial charge < -0.3 is 14.2 Å². The molecule has 0 heterocycles. The molecule has 0 aromatic heterocycles. The van der Waals surface area contributed by atoms with Crippen molar-refractivity contribution in [3.63, 3.8) is 0 Å². The predicted molar refractivity (Wildman–Crippen MR) is 97.2 cm³/mol. The van der Waals surface area contributed by atoms with Crippen LogP contribution < -0.4 is 19.6 Å². The fraction of sp³-hybridized carbons (Fsp3) is 0.222. The van der Waals surface area contributed by atoms with Crippen LogP contribution in [0.15, 0.2) is 41.5 Å². The Labute approximate surface area is 151 Å². The number of carbonyl (C=O) groups excluding carboxylic acids is 1. The van der Waals surface area contributed by atoms with Crippen LogP contribution in [0.25, 0.3) is 0 Å². The molecule has 2 aromatic carbocycles. The zero-order chi connectivity index (χ0) is 18.4. The summed E-state index contributed by atoms with van der Waals surface area (Å²) in [6, 6.07) is 10.1. The van der Waals surface area contributed by atoms with Crippen molar-refractivity contribution in [2.75, 3.05) is 21.3 Å². The molecule has 0 radical (unpaired) electrons. The fourth-order valence-electron chi connectivity index (χ4n) is 2.15. The predicted octanol–water partition coefficient (Wildman–Crippen LogP) is 3.52. The standard InChI is InChI=1S/C18H19ClN2O4/c1-11(20-21-18(22)12-5-7-14(19)8-6-12)13-9-15(23-2)17(25-4)16(10-13)24-3/h5-10H,1-4H3,(H,21,22)/b20-11+. The van der Waals surface area contributed by atoms with Crippen LogP contribution in [0.1, 0.15) is 22.8 Å². The second kappa shape index (κ2) is 8.39. The van der Waals surface area contributed by atoms with Crippen molar-refractivity contribution in [3.05, 3.63) is 52.5 Å². The highest BCUT2D eigenvalue weighted by atomic mass is 35.5. The van der Waals surface area contributed by atoms with Crippen molar-refractivity contribution < 1.29 is 19.0 Å². The molecule has 7 heteroatoms. The van der Waals surface area contributed by atoms with Crippen LogP contribution in [0.5, 0.6) is 17.2 Å². The summed E-state index contributed by atoms with van der Waals surface area (Å²) in [5, 5.41) is 4.70. The molecule has 0 aliphatic carbocycles. The number of halogens is 1. The van der Waals surface area contributed by atoms with Gasteiger partial charge in [0.1, 0.15) is 0 Å². The molecule has 0 bridgehead atoms. The zero-order valence-corrected chi connectivity index (χ0v) is 15.2. The number of nitrogens with one attached hydrogen (secondary N) is 1. The first-order chi connectivity index (χ1) is 12.0. The Morgan fingerprint density at radius 3 is 2.00 bits per heavy atom. The summed E-state index contributed by atoms with van der Waals surface area (Å²) in [6.45, 7) is 1.77. The first kappa shape index (κ1) is 18.6. The maximum atomic E-state index is 12.1. The highest BCUT2D eigenvalue weighted by Gasteiger charge is 2.14. The Balaban J connectivity index is 2.24. The van der Waals surface area contributed by atoms with Gasteiger partial charge in [-0.2, -0.15) is 5.10 Å². The molecule has 0 atom stereocenters. The summed E-state index contributed by atoms with van der Waals surface area (Å²) in [5.41, 5.74) is 4.29. The first-order valence-electron chi connectivity index (χ1n) is 7.40. The Hall–Kier alpha value is -2.73. The lowest BCUT2D eigenvalue weighted by Crippen LogP contribution is -2.19. The van der Waals surface area contributed by atoms with Crippen LogP contribution in [-0.2, 0) is 0 Å². The number of hydrogen-bond acceptors (Lipinski definition) is 5. The van der Waals surface area contributed by atoms with Crippen molar-refractivity contribution in [2.24, 2.45) is 5.10 Å². The molecule has 2 rings (SSSR count). The zero-order valence-electron chi connectivity index (χ0n) is 14.4. The minimum atomic E-state index is -0.330. The number of rotatable bonds is 6. The number of ether oxygens (including phenoxy) is 3. The number of carbonyl (C=O) groups is 1. The van der Waals surface area contributed by atoms with Gasteiger partial charge in [-0.3, -0.25) is 4.79 Å². The summed E-state index contributed by atoms with van der Waals surface area (Å²) in [5.74, 6) is 1.18. The topological polar surface area (TPSA) is 69.2 Å². The second-order valence-corrected chi connectivity index (χ2v) is 5.50. The number of methoxy groups -OCH3 is 3. The molecule has 0 aliphatic heterocycles. The van der Waals surface area contributed by atoms with E-state index in [-0.39, 0.29) is 5.91 Å². The Kier molecular flexibility index (Phi) is 6.25. The normalized spacial score (nSPS) is 11.0. The molecule has 0 fully saturated rings. The molecule has 0 saturated carbocycles. The van der Waals surface area contributed by atoms with Gasteiger partial charge in [-0.15, -0.1) is 0 Å². The number of hydrazone groups is 1. The molecule has 0 aliphatic rings. The van der Waals surface area contributed by atoms with Gasteiger partial charge in [0.05, 0.1) is 27.0 Å². The van der Waals surface area contributed by atoms with Crippen LogP contribution in [0.2, 0.25) is 5.02 Å². The van der Waals surface area contributed by atoms with Crippen molar-refractivity contribution in [1.29, 1.82) is 0 Å². The van der Waals surface area contributed by atoms with Crippen molar-refractivity contribution in [2.45, 2.75) is 6.92 Å². The van der Waals surface area contributed by atoms with E-state index in [4.69, 9.17) is 25.8 Å². The van der Waals surface area contributed by atoms with E-state index in [9.17, 15) is 4.79 Å². The van der Waals surface area contributed by atoms with E-state index < -0.39 is 0 Å². The van der Waals surface area contributed by atoms with Gasteiger partial charge in [-0.05, 0) is 43.3 Å². The third-order valence-corrected chi connectivity index (χ3v) is 3.77. The molecule has 0 saturated heterocycles. The monoisotopic (exact) mass is 362 g/mol. The summed E-state index contributed by atoms with van der Waals surface area (Å²) in [4.78, 5) is 12.1. The average molecular weight is 363 g/mol. The van der Waals surface area contributed by atoms with E-state index >= 15 is 0 Å². The number of nitrogens with zero attached hydrogens (tertiary/aromatic N) is 1. The lowest BCUT2D eigenvalue weighted by molar-refractivity contribution is 0.0955. The summed E-state index contributed by atoms with van der Waals surface area (Å²) in [7, 11) is 4.61. The van der Waals surface area contributed by atoms with E-state index in [1.807, 2.05) is 0 Å². The molecule has 1 amide bonds. The van der Waals surface area contributed by atoms with Crippen LogP contribution in [-0.4, -0.2) is 32.9 Å². The van der Waals surface area contributed by atoms with E-state index in [1.54, 1.807) is 43.3 Å². The van der Waals surface area contributed by atoms with Crippen LogP contribution in [0.4, 0.5) is 0 Å². The molecule has 25 heavy (non-hydrogen) atoms. The number of hydrogen-bond donors (Lipinski definition) is 1. The number of benzene rings is 2. The van der Waals surface area contributed by atoms with Gasteiger partial charge in [-0.25, -0.2) is 5.43 Å². The van der Waals surface area contributed by atoms with Crippen molar-refractivity contribution in [3.8, 4) is 17.2 Å². The molecule has 1 N–H and O–H groups in total. The smallest absolute Gasteiger partial charge is 0.271 e. The van der Waals surface area contributed by atoms with Gasteiger partial charge in [0.2, 0.25) is 5.75 Å². The summed E-state index contributed by atoms with van der Waals surface area (Å²) >= 11 is 5.81. The van der Waals surface area contributed by atoms with Crippen molar-refractivity contribution in [1.82, 2.24) is 5.43 Å². The Morgan fingerprint density at radius 2 is 1.52 bits per heavy atom. The van der Waals surface area contributed by atoms with Crippen LogP contribution >= 0.6 is 11.6 Å². The maximum Gasteiger partial charge on any atom is 0.271 e. The minimum Gasteiger partial charge on any atom is -0.493 e. The number of amides is 1. The Bertz CT molecular complexity index is 763. The third-order valence-electron chi connectivity index (χ3n) is 3.51. The van der Waals surface area contributed by atoms with E-state index in [0.717, 1.165) is 5.56 Å². The SMILES string of the molecule is COc1cc(/C(C)=N/NC(=O)c2ccc(Cl)cc2)cc(OC)c1OC. The Morgan fingerprint density at radius 1 is 0.960 bits per heavy atom. The largest absolute Gasteiger partial charge is 0.493 e. The van der Waals surface area contributed by atoms with Gasteiger partial charge >= 0.3 is 0 Å². The minimum absolute atomic E-state index is 0.330. The molecule has 6 nitrogen and oxygen atoms in total. The quantitative estimate of drug-likeness (QED) is 0.630. The molecular formula is C18H19ClN2O4. The van der Waals surface area contributed by atoms with Crippen LogP contribution in [0.3, 0.4) is 0 Å². The van der Waals surface area contributed by atoms with E-state index in [2.05, 4.69) is 10.5 Å². The molecule has 2 aromatic rings. The lowest BCUT2D eigenvalue weighted by Gasteiger charge is -2.14. The summed E-state index contributed by atoms with van der Waals surface area (Å²) < 4.78 is 15.9. The van der Waals surface area contributed by atoms with Gasteiger partial charge in [-0.1, -0.05) is 11.6 Å². The molecule has 0 unspecified atom stereocenters. The van der Waals surface area contributed by atoms with Gasteiger partial charge in [0, 0.05) is 16.1 Å². The lowest BCUT2D eigenvalue weighted by atomic mass is 10.1. The first-order valence-corrected chi connectivity index (χ1v) is 7.78. The molecular weight excluding hydrogens is 344 g/mol. The maximum absolute atomic E-state index is 12.1.